The van der Waals surface area contributed by atoms with Gasteiger partial charge in [0, 0.05) is 19.6 Å². The number of hydrogen-bond donors (Lipinski definition) is 2. The van der Waals surface area contributed by atoms with Crippen LogP contribution in [0, 0.1) is 6.92 Å². The Labute approximate surface area is 99.5 Å². The molecule has 0 aliphatic carbocycles. The molecule has 0 saturated heterocycles. The third-order valence-electron chi connectivity index (χ3n) is 2.91. The number of hydrogen-bond acceptors (Lipinski definition) is 2. The molecule has 0 fully saturated rings. The van der Waals surface area contributed by atoms with Crippen molar-refractivity contribution in [1.29, 1.82) is 0 Å². The molecule has 2 N–H and O–H groups in total. The van der Waals surface area contributed by atoms with Crippen LogP contribution < -0.4 is 10.6 Å². The Hall–Kier alpha value is -0.860. The normalized spacial score (nSPS) is 11.1. The Morgan fingerprint density at radius 2 is 1.94 bits per heavy atom. The average Bonchev–Trinajstić information content (AvgIpc) is 2.26. The molecule has 16 heavy (non-hydrogen) atoms. The van der Waals surface area contributed by atoms with Gasteiger partial charge >= 0.3 is 0 Å². The summed E-state index contributed by atoms with van der Waals surface area (Å²) >= 11 is 0. The van der Waals surface area contributed by atoms with Gasteiger partial charge in [0.15, 0.2) is 0 Å². The van der Waals surface area contributed by atoms with Crippen LogP contribution in [-0.4, -0.2) is 20.1 Å². The van der Waals surface area contributed by atoms with Crippen molar-refractivity contribution < 1.29 is 0 Å². The number of nitrogens with one attached hydrogen (secondary N) is 2. The molecule has 0 atom stereocenters. The van der Waals surface area contributed by atoms with Crippen LogP contribution >= 0.6 is 0 Å². The van der Waals surface area contributed by atoms with E-state index >= 15 is 0 Å². The zero-order valence-electron chi connectivity index (χ0n) is 10.9. The second-order valence-corrected chi connectivity index (χ2v) is 4.62. The summed E-state index contributed by atoms with van der Waals surface area (Å²) in [7, 11) is 1.98. The van der Waals surface area contributed by atoms with Crippen molar-refractivity contribution in [3.63, 3.8) is 0 Å². The van der Waals surface area contributed by atoms with Gasteiger partial charge in [-0.2, -0.15) is 0 Å². The lowest BCUT2D eigenvalue weighted by molar-refractivity contribution is 0.648. The quantitative estimate of drug-likeness (QED) is 0.720. The molecule has 0 aliphatic rings. The molecule has 1 aromatic rings. The van der Waals surface area contributed by atoms with Crippen LogP contribution in [0.2, 0.25) is 0 Å². The highest BCUT2D eigenvalue weighted by Crippen LogP contribution is 2.18. The van der Waals surface area contributed by atoms with Gasteiger partial charge in [-0.05, 0) is 36.6 Å². The predicted molar refractivity (Wildman–Crippen MR) is 70.9 cm³/mol. The first-order valence-corrected chi connectivity index (χ1v) is 6.10. The SMILES string of the molecule is CNCCNCc1cc(C(C)C)ccc1C. The first-order valence-electron chi connectivity index (χ1n) is 6.10. The van der Waals surface area contributed by atoms with E-state index in [1.165, 1.54) is 16.7 Å². The van der Waals surface area contributed by atoms with Gasteiger partial charge in [-0.3, -0.25) is 0 Å². The monoisotopic (exact) mass is 220 g/mol. The minimum atomic E-state index is 0.608. The van der Waals surface area contributed by atoms with Gasteiger partial charge in [0.25, 0.3) is 0 Å². The molecule has 90 valence electrons. The topological polar surface area (TPSA) is 24.1 Å². The third-order valence-corrected chi connectivity index (χ3v) is 2.91. The summed E-state index contributed by atoms with van der Waals surface area (Å²) < 4.78 is 0. The summed E-state index contributed by atoms with van der Waals surface area (Å²) in [5, 5.41) is 6.58. The van der Waals surface area contributed by atoms with Gasteiger partial charge in [0.2, 0.25) is 0 Å². The molecule has 2 nitrogen and oxygen atoms in total. The molecule has 0 amide bonds. The van der Waals surface area contributed by atoms with Crippen LogP contribution in [0.25, 0.3) is 0 Å². The van der Waals surface area contributed by atoms with Crippen LogP contribution in [0.1, 0.15) is 36.5 Å². The third kappa shape index (κ3) is 3.95. The smallest absolute Gasteiger partial charge is 0.0208 e. The second kappa shape index (κ2) is 6.66. The Bertz CT molecular complexity index is 319. The number of benzene rings is 1. The van der Waals surface area contributed by atoms with Crippen LogP contribution in [0.5, 0.6) is 0 Å². The van der Waals surface area contributed by atoms with Crippen LogP contribution in [0.15, 0.2) is 18.2 Å². The van der Waals surface area contributed by atoms with E-state index in [4.69, 9.17) is 0 Å². The highest BCUT2D eigenvalue weighted by Gasteiger charge is 2.03. The van der Waals surface area contributed by atoms with Gasteiger partial charge < -0.3 is 10.6 Å². The summed E-state index contributed by atoms with van der Waals surface area (Å²) in [4.78, 5) is 0. The van der Waals surface area contributed by atoms with E-state index in [-0.39, 0.29) is 0 Å². The van der Waals surface area contributed by atoms with Crippen LogP contribution in [0.4, 0.5) is 0 Å². The maximum absolute atomic E-state index is 3.45. The van der Waals surface area contributed by atoms with E-state index in [0.717, 1.165) is 19.6 Å². The zero-order chi connectivity index (χ0) is 12.0. The van der Waals surface area contributed by atoms with Gasteiger partial charge in [-0.25, -0.2) is 0 Å². The molecular weight excluding hydrogens is 196 g/mol. The Kier molecular flexibility index (Phi) is 5.50. The average molecular weight is 220 g/mol. The summed E-state index contributed by atoms with van der Waals surface area (Å²) in [6.45, 7) is 9.66. The fraction of sp³-hybridized carbons (Fsp3) is 0.571. The number of likely N-dealkylation sites (N-methyl/N-ethyl adjacent to an activating group) is 1. The summed E-state index contributed by atoms with van der Waals surface area (Å²) in [5.74, 6) is 0.608. The minimum absolute atomic E-state index is 0.608. The molecule has 0 heterocycles. The second-order valence-electron chi connectivity index (χ2n) is 4.62. The standard InChI is InChI=1S/C14H24N2/c1-11(2)13-6-5-12(3)14(9-13)10-16-8-7-15-4/h5-6,9,11,15-16H,7-8,10H2,1-4H3. The van der Waals surface area contributed by atoms with Crippen molar-refractivity contribution in [2.45, 2.75) is 33.2 Å². The molecule has 0 unspecified atom stereocenters. The molecule has 0 saturated carbocycles. The van der Waals surface area contributed by atoms with Crippen molar-refractivity contribution in [1.82, 2.24) is 10.6 Å². The fourth-order valence-corrected chi connectivity index (χ4v) is 1.68. The Morgan fingerprint density at radius 1 is 1.19 bits per heavy atom. The predicted octanol–water partition coefficient (Wildman–Crippen LogP) is 2.43. The largest absolute Gasteiger partial charge is 0.318 e. The zero-order valence-corrected chi connectivity index (χ0v) is 10.9. The van der Waals surface area contributed by atoms with Crippen molar-refractivity contribution in [3.05, 3.63) is 34.9 Å². The van der Waals surface area contributed by atoms with E-state index in [0.29, 0.717) is 5.92 Å². The minimum Gasteiger partial charge on any atom is -0.318 e. The lowest BCUT2D eigenvalue weighted by Gasteiger charge is -2.12. The van der Waals surface area contributed by atoms with Gasteiger partial charge in [0.05, 0.1) is 0 Å². The Balaban J connectivity index is 2.60. The molecule has 1 aromatic carbocycles. The molecule has 0 aromatic heterocycles. The van der Waals surface area contributed by atoms with E-state index in [1.807, 2.05) is 7.05 Å². The summed E-state index contributed by atoms with van der Waals surface area (Å²) in [6.07, 6.45) is 0. The lowest BCUT2D eigenvalue weighted by Crippen LogP contribution is -2.24. The maximum Gasteiger partial charge on any atom is 0.0208 e. The number of rotatable bonds is 6. The van der Waals surface area contributed by atoms with E-state index in [1.54, 1.807) is 0 Å². The van der Waals surface area contributed by atoms with E-state index in [2.05, 4.69) is 49.6 Å². The molecule has 1 rings (SSSR count). The first kappa shape index (κ1) is 13.2. The van der Waals surface area contributed by atoms with Crippen molar-refractivity contribution in [2.24, 2.45) is 0 Å². The Morgan fingerprint density at radius 3 is 2.56 bits per heavy atom. The lowest BCUT2D eigenvalue weighted by atomic mass is 9.98. The summed E-state index contributed by atoms with van der Waals surface area (Å²) in [6, 6.07) is 6.79. The molecule has 2 heteroatoms. The molecule has 0 radical (unpaired) electrons. The number of aryl methyl sites for hydroxylation is 1. The van der Waals surface area contributed by atoms with Crippen molar-refractivity contribution in [2.75, 3.05) is 20.1 Å². The summed E-state index contributed by atoms with van der Waals surface area (Å²) in [5.41, 5.74) is 4.22. The fourth-order valence-electron chi connectivity index (χ4n) is 1.68. The van der Waals surface area contributed by atoms with Crippen LogP contribution in [0.3, 0.4) is 0 Å². The van der Waals surface area contributed by atoms with Gasteiger partial charge in [-0.1, -0.05) is 32.0 Å². The first-order chi connectivity index (χ1) is 7.65. The molecule has 0 bridgehead atoms. The molecular formula is C14H24N2. The van der Waals surface area contributed by atoms with Crippen molar-refractivity contribution in [3.8, 4) is 0 Å². The molecule has 0 aliphatic heterocycles. The highest BCUT2D eigenvalue weighted by atomic mass is 14.9. The van der Waals surface area contributed by atoms with Crippen LogP contribution in [-0.2, 0) is 6.54 Å². The van der Waals surface area contributed by atoms with E-state index < -0.39 is 0 Å². The van der Waals surface area contributed by atoms with Crippen molar-refractivity contribution >= 4 is 0 Å². The van der Waals surface area contributed by atoms with Gasteiger partial charge in [0.1, 0.15) is 0 Å². The highest BCUT2D eigenvalue weighted by molar-refractivity contribution is 5.32. The maximum atomic E-state index is 3.45. The van der Waals surface area contributed by atoms with Gasteiger partial charge in [-0.15, -0.1) is 0 Å². The van der Waals surface area contributed by atoms with E-state index in [9.17, 15) is 0 Å². The molecule has 0 spiro atoms.